The van der Waals surface area contributed by atoms with Gasteiger partial charge >= 0.3 is 0 Å². The quantitative estimate of drug-likeness (QED) is 0.258. The van der Waals surface area contributed by atoms with Crippen LogP contribution in [0.1, 0.15) is 26.7 Å². The normalized spacial score (nSPS) is 15.9. The van der Waals surface area contributed by atoms with Crippen molar-refractivity contribution >= 4 is 17.7 Å². The highest BCUT2D eigenvalue weighted by Crippen LogP contribution is 2.03. The third-order valence-corrected chi connectivity index (χ3v) is 3.44. The van der Waals surface area contributed by atoms with Crippen molar-refractivity contribution in [2.75, 3.05) is 20.1 Å². The van der Waals surface area contributed by atoms with Crippen molar-refractivity contribution < 1.29 is 19.5 Å². The minimum Gasteiger partial charge on any atom is -0.391 e. The summed E-state index contributed by atoms with van der Waals surface area (Å²) in [5.41, 5.74) is 10.8. The first-order chi connectivity index (χ1) is 10.8. The smallest absolute Gasteiger partial charge is 0.245 e. The second kappa shape index (κ2) is 10.9. The van der Waals surface area contributed by atoms with Gasteiger partial charge < -0.3 is 32.5 Å². The number of hydrogen-bond donors (Lipinski definition) is 6. The lowest BCUT2D eigenvalue weighted by molar-refractivity contribution is -0.135. The molecule has 0 aromatic rings. The van der Waals surface area contributed by atoms with E-state index in [1.165, 1.54) is 14.0 Å². The summed E-state index contributed by atoms with van der Waals surface area (Å²) in [5, 5.41) is 17.2. The molecule has 0 aromatic heterocycles. The molecular weight excluding hydrogens is 302 g/mol. The fourth-order valence-corrected chi connectivity index (χ4v) is 1.95. The molecule has 0 aliphatic heterocycles. The molecule has 0 saturated carbocycles. The van der Waals surface area contributed by atoms with E-state index in [0.717, 1.165) is 0 Å². The van der Waals surface area contributed by atoms with E-state index in [-0.39, 0.29) is 24.8 Å². The van der Waals surface area contributed by atoms with Gasteiger partial charge in [0.15, 0.2) is 0 Å². The van der Waals surface area contributed by atoms with Crippen LogP contribution in [0.3, 0.4) is 0 Å². The molecule has 23 heavy (non-hydrogen) atoms. The second-order valence-corrected chi connectivity index (χ2v) is 5.46. The van der Waals surface area contributed by atoms with Crippen LogP contribution in [0.25, 0.3) is 0 Å². The summed E-state index contributed by atoms with van der Waals surface area (Å²) in [4.78, 5) is 36.0. The minimum absolute atomic E-state index is 0.206. The molecule has 0 radical (unpaired) electrons. The average Bonchev–Trinajstić information content (AvgIpc) is 2.50. The van der Waals surface area contributed by atoms with Crippen molar-refractivity contribution in [1.82, 2.24) is 16.0 Å². The van der Waals surface area contributed by atoms with E-state index < -0.39 is 30.0 Å². The van der Waals surface area contributed by atoms with Gasteiger partial charge in [0.25, 0.3) is 0 Å². The third kappa shape index (κ3) is 7.40. The van der Waals surface area contributed by atoms with Crippen LogP contribution in [0, 0.1) is 5.92 Å². The molecule has 4 atom stereocenters. The highest BCUT2D eigenvalue weighted by Gasteiger charge is 2.30. The molecule has 9 heteroatoms. The maximum Gasteiger partial charge on any atom is 0.245 e. The Hall–Kier alpha value is -1.71. The van der Waals surface area contributed by atoms with E-state index in [1.807, 2.05) is 0 Å². The Morgan fingerprint density at radius 3 is 1.96 bits per heavy atom. The molecule has 0 spiro atoms. The molecule has 0 saturated heterocycles. The first-order valence-electron chi connectivity index (χ1n) is 7.68. The highest BCUT2D eigenvalue weighted by molar-refractivity contribution is 5.92. The number of likely N-dealkylation sites (N-methyl/N-ethyl adjacent to an activating group) is 1. The maximum absolute atomic E-state index is 12.3. The van der Waals surface area contributed by atoms with Gasteiger partial charge in [0.2, 0.25) is 17.7 Å². The number of carbonyl (C=O) groups is 3. The van der Waals surface area contributed by atoms with Crippen molar-refractivity contribution in [3.8, 4) is 0 Å². The van der Waals surface area contributed by atoms with Gasteiger partial charge in [-0.3, -0.25) is 14.4 Å². The lowest BCUT2D eigenvalue weighted by atomic mass is 10.0. The molecule has 0 aliphatic rings. The van der Waals surface area contributed by atoms with E-state index in [1.54, 1.807) is 6.92 Å². The number of aliphatic hydroxyl groups is 1. The van der Waals surface area contributed by atoms with E-state index in [4.69, 9.17) is 11.5 Å². The third-order valence-electron chi connectivity index (χ3n) is 3.44. The number of carbonyl (C=O) groups excluding carboxylic acids is 3. The Labute approximate surface area is 136 Å². The zero-order valence-electron chi connectivity index (χ0n) is 14.0. The van der Waals surface area contributed by atoms with Crippen molar-refractivity contribution in [3.05, 3.63) is 0 Å². The number of aliphatic hydroxyl groups excluding tert-OH is 1. The number of nitrogens with two attached hydrogens (primary N) is 2. The molecule has 4 unspecified atom stereocenters. The number of hydrogen-bond acceptors (Lipinski definition) is 6. The Morgan fingerprint density at radius 2 is 1.52 bits per heavy atom. The monoisotopic (exact) mass is 331 g/mol. The van der Waals surface area contributed by atoms with E-state index >= 15 is 0 Å². The van der Waals surface area contributed by atoms with Gasteiger partial charge in [-0.15, -0.1) is 0 Å². The Bertz CT molecular complexity index is 403. The molecule has 134 valence electrons. The van der Waals surface area contributed by atoms with Crippen LogP contribution in [-0.4, -0.2) is 61.2 Å². The zero-order valence-corrected chi connectivity index (χ0v) is 14.0. The zero-order chi connectivity index (χ0) is 18.0. The van der Waals surface area contributed by atoms with Crippen molar-refractivity contribution in [2.45, 2.75) is 44.9 Å². The van der Waals surface area contributed by atoms with Crippen LogP contribution in [0.5, 0.6) is 0 Å². The summed E-state index contributed by atoms with van der Waals surface area (Å²) in [7, 11) is 1.44. The Morgan fingerprint density at radius 1 is 0.957 bits per heavy atom. The predicted octanol–water partition coefficient (Wildman–Crippen LogP) is -2.58. The average molecular weight is 331 g/mol. The summed E-state index contributed by atoms with van der Waals surface area (Å²) in [6, 6.07) is -1.98. The molecule has 0 aromatic carbocycles. The topological polar surface area (TPSA) is 160 Å². The molecule has 3 amide bonds. The van der Waals surface area contributed by atoms with Crippen molar-refractivity contribution in [3.63, 3.8) is 0 Å². The van der Waals surface area contributed by atoms with Gasteiger partial charge in [-0.25, -0.2) is 0 Å². The van der Waals surface area contributed by atoms with Gasteiger partial charge in [-0.05, 0) is 32.9 Å². The highest BCUT2D eigenvalue weighted by atomic mass is 16.3. The van der Waals surface area contributed by atoms with Gasteiger partial charge in [-0.1, -0.05) is 6.92 Å². The Balaban J connectivity index is 4.90. The summed E-state index contributed by atoms with van der Waals surface area (Å²) >= 11 is 0. The van der Waals surface area contributed by atoms with Crippen LogP contribution in [0.15, 0.2) is 0 Å². The standard InChI is InChI=1S/C14H29N5O4/c1-8(4-6-15)12(21)19-11(9(2)20)14(23)18-10(5-7-16)13(22)17-3/h8-11,20H,4-7,15-16H2,1-3H3,(H,17,22)(H,18,23)(H,19,21). The van der Waals surface area contributed by atoms with Crippen LogP contribution in [0.2, 0.25) is 0 Å². The van der Waals surface area contributed by atoms with E-state index in [0.29, 0.717) is 13.0 Å². The lowest BCUT2D eigenvalue weighted by Crippen LogP contribution is -2.57. The minimum atomic E-state index is -1.16. The molecule has 0 fully saturated rings. The molecule has 0 heterocycles. The van der Waals surface area contributed by atoms with E-state index in [2.05, 4.69) is 16.0 Å². The summed E-state index contributed by atoms with van der Waals surface area (Å²) in [6.07, 6.45) is -0.407. The van der Waals surface area contributed by atoms with E-state index in [9.17, 15) is 19.5 Å². The number of nitrogens with one attached hydrogen (secondary N) is 3. The number of amides is 3. The van der Waals surface area contributed by atoms with Gasteiger partial charge in [-0.2, -0.15) is 0 Å². The van der Waals surface area contributed by atoms with Crippen LogP contribution in [-0.2, 0) is 14.4 Å². The molecule has 0 aliphatic carbocycles. The van der Waals surface area contributed by atoms with Gasteiger partial charge in [0.05, 0.1) is 6.10 Å². The van der Waals surface area contributed by atoms with Crippen LogP contribution >= 0.6 is 0 Å². The molecule has 0 rings (SSSR count). The molecule has 0 bridgehead atoms. The maximum atomic E-state index is 12.3. The first kappa shape index (κ1) is 21.3. The first-order valence-corrected chi connectivity index (χ1v) is 7.68. The fraction of sp³-hybridized carbons (Fsp3) is 0.786. The summed E-state index contributed by atoms with van der Waals surface area (Å²) in [6.45, 7) is 3.61. The molecule has 8 N–H and O–H groups in total. The lowest BCUT2D eigenvalue weighted by Gasteiger charge is -2.25. The molecular formula is C14H29N5O4. The van der Waals surface area contributed by atoms with Crippen LogP contribution < -0.4 is 27.4 Å². The number of rotatable bonds is 10. The van der Waals surface area contributed by atoms with Gasteiger partial charge in [0, 0.05) is 13.0 Å². The predicted molar refractivity (Wildman–Crippen MR) is 86.1 cm³/mol. The summed E-state index contributed by atoms with van der Waals surface area (Å²) < 4.78 is 0. The van der Waals surface area contributed by atoms with Crippen LogP contribution in [0.4, 0.5) is 0 Å². The molecule has 9 nitrogen and oxygen atoms in total. The SMILES string of the molecule is CNC(=O)C(CCN)NC(=O)C(NC(=O)C(C)CCN)C(C)O. The Kier molecular flexibility index (Phi) is 10.1. The van der Waals surface area contributed by atoms with Crippen molar-refractivity contribution in [1.29, 1.82) is 0 Å². The van der Waals surface area contributed by atoms with Crippen molar-refractivity contribution in [2.24, 2.45) is 17.4 Å². The largest absolute Gasteiger partial charge is 0.391 e. The van der Waals surface area contributed by atoms with Gasteiger partial charge in [0.1, 0.15) is 12.1 Å². The second-order valence-electron chi connectivity index (χ2n) is 5.46. The fourth-order valence-electron chi connectivity index (χ4n) is 1.95. The summed E-state index contributed by atoms with van der Waals surface area (Å²) in [5.74, 6) is -1.80.